The third kappa shape index (κ3) is 8.14. The molecule has 1 amide bonds. The van der Waals surface area contributed by atoms with Gasteiger partial charge in [0.2, 0.25) is 0 Å². The maximum atomic E-state index is 12.8. The number of nitrogens with zero attached hydrogens (tertiary/aromatic N) is 3. The zero-order chi connectivity index (χ0) is 24.6. The Morgan fingerprint density at radius 2 is 1.73 bits per heavy atom. The molecule has 2 aromatic rings. The molecule has 0 radical (unpaired) electrons. The van der Waals surface area contributed by atoms with Crippen molar-refractivity contribution in [2.75, 3.05) is 7.11 Å². The lowest BCUT2D eigenvalue weighted by Crippen LogP contribution is -2.33. The number of halogens is 2. The Balaban J connectivity index is 2.49. The summed E-state index contributed by atoms with van der Waals surface area (Å²) in [5, 5.41) is 13.4. The van der Waals surface area contributed by atoms with Gasteiger partial charge in [0.05, 0.1) is 18.5 Å². The average Bonchev–Trinajstić information content (AvgIpc) is 2.74. The van der Waals surface area contributed by atoms with Crippen LogP contribution in [0, 0.1) is 5.92 Å². The van der Waals surface area contributed by atoms with Crippen molar-refractivity contribution in [2.45, 2.75) is 39.3 Å². The minimum atomic E-state index is -1.05. The van der Waals surface area contributed by atoms with Gasteiger partial charge in [0.25, 0.3) is 0 Å². The van der Waals surface area contributed by atoms with Gasteiger partial charge in [-0.1, -0.05) is 47.5 Å². The Kier molecular flexibility index (Phi) is 9.37. The van der Waals surface area contributed by atoms with Crippen LogP contribution in [0.4, 0.5) is 10.5 Å². The number of hydrogen-bond donors (Lipinski definition) is 1. The zero-order valence-corrected chi connectivity index (χ0v) is 20.5. The average molecular weight is 493 g/mol. The molecule has 0 spiro atoms. The normalized spacial score (nSPS) is 14.0. The molecule has 0 aromatic heterocycles. The second-order valence-corrected chi connectivity index (χ2v) is 8.87. The minimum absolute atomic E-state index is 0.218. The van der Waals surface area contributed by atoms with E-state index in [4.69, 9.17) is 32.7 Å². The van der Waals surface area contributed by atoms with E-state index in [9.17, 15) is 9.59 Å². The maximum Gasteiger partial charge on any atom is 0.428 e. The van der Waals surface area contributed by atoms with Crippen molar-refractivity contribution in [3.05, 3.63) is 64.1 Å². The number of hydrazone groups is 1. The fourth-order valence-electron chi connectivity index (χ4n) is 2.83. The van der Waals surface area contributed by atoms with Crippen LogP contribution in [-0.2, 0) is 14.3 Å². The molecule has 0 bridgehead atoms. The molecule has 2 unspecified atom stereocenters. The van der Waals surface area contributed by atoms with E-state index in [2.05, 4.69) is 20.8 Å². The van der Waals surface area contributed by atoms with Crippen LogP contribution in [0.5, 0.6) is 0 Å². The largest absolute Gasteiger partial charge is 0.468 e. The molecule has 0 fully saturated rings. The lowest BCUT2D eigenvalue weighted by molar-refractivity contribution is -0.143. The van der Waals surface area contributed by atoms with Gasteiger partial charge in [-0.05, 0) is 57.5 Å². The third-order valence-corrected chi connectivity index (χ3v) is 4.84. The first kappa shape index (κ1) is 26.3. The predicted octanol–water partition coefficient (Wildman–Crippen LogP) is 6.51. The molecule has 2 aromatic carbocycles. The highest BCUT2D eigenvalue weighted by atomic mass is 35.5. The molecular formula is C23H26Cl2N4O4. The van der Waals surface area contributed by atoms with Crippen molar-refractivity contribution in [1.29, 1.82) is 0 Å². The Morgan fingerprint density at radius 3 is 2.30 bits per heavy atom. The van der Waals surface area contributed by atoms with Gasteiger partial charge in [0.1, 0.15) is 17.6 Å². The first-order valence-corrected chi connectivity index (χ1v) is 10.8. The summed E-state index contributed by atoms with van der Waals surface area (Å²) < 4.78 is 10.2. The van der Waals surface area contributed by atoms with E-state index in [-0.39, 0.29) is 5.71 Å². The molecule has 33 heavy (non-hydrogen) atoms. The number of rotatable bonds is 7. The maximum absolute atomic E-state index is 12.8. The first-order valence-electron chi connectivity index (χ1n) is 10.0. The van der Waals surface area contributed by atoms with Crippen molar-refractivity contribution in [3.8, 4) is 0 Å². The van der Waals surface area contributed by atoms with E-state index in [0.717, 1.165) is 0 Å². The molecule has 0 saturated heterocycles. The Bertz CT molecular complexity index is 1040. The summed E-state index contributed by atoms with van der Waals surface area (Å²) in [7, 11) is 1.25. The molecule has 0 aliphatic carbocycles. The second kappa shape index (κ2) is 11.8. The van der Waals surface area contributed by atoms with Crippen LogP contribution in [0.2, 0.25) is 10.0 Å². The number of hydrogen-bond acceptors (Lipinski definition) is 7. The van der Waals surface area contributed by atoms with Gasteiger partial charge >= 0.3 is 12.1 Å². The van der Waals surface area contributed by atoms with Crippen LogP contribution in [0.3, 0.4) is 0 Å². The standard InChI is InChI=1S/C23H26Cl2N4O4/c1-14(26-29-22(31)33-23(2,3)4)19(21(30)32-5)20(17-12-11-15(24)13-18(17)25)28-27-16-9-7-6-8-10-16/h6-13,19-20H,1-5H3,(H,29,31)/b26-14+,28-27?. The van der Waals surface area contributed by atoms with Crippen molar-refractivity contribution >= 4 is 46.7 Å². The number of esters is 1. The van der Waals surface area contributed by atoms with E-state index < -0.39 is 29.6 Å². The number of nitrogens with one attached hydrogen (secondary N) is 1. The number of carbonyl (C=O) groups excluding carboxylic acids is 2. The van der Waals surface area contributed by atoms with E-state index in [1.165, 1.54) is 7.11 Å². The zero-order valence-electron chi connectivity index (χ0n) is 19.0. The quantitative estimate of drug-likeness (QED) is 0.206. The molecule has 0 aliphatic rings. The summed E-state index contributed by atoms with van der Waals surface area (Å²) in [6, 6.07) is 12.9. The van der Waals surface area contributed by atoms with E-state index in [0.29, 0.717) is 21.3 Å². The predicted molar refractivity (Wildman–Crippen MR) is 128 cm³/mol. The van der Waals surface area contributed by atoms with E-state index >= 15 is 0 Å². The topological polar surface area (TPSA) is 102 Å². The van der Waals surface area contributed by atoms with Gasteiger partial charge in [-0.15, -0.1) is 0 Å². The number of carbonyl (C=O) groups is 2. The van der Waals surface area contributed by atoms with Crippen LogP contribution in [0.25, 0.3) is 0 Å². The number of methoxy groups -OCH3 is 1. The van der Waals surface area contributed by atoms with Gasteiger partial charge < -0.3 is 9.47 Å². The van der Waals surface area contributed by atoms with Crippen molar-refractivity contribution in [1.82, 2.24) is 5.43 Å². The van der Waals surface area contributed by atoms with Crippen LogP contribution >= 0.6 is 23.2 Å². The van der Waals surface area contributed by atoms with Gasteiger partial charge in [-0.25, -0.2) is 10.2 Å². The van der Waals surface area contributed by atoms with Crippen molar-refractivity contribution in [2.24, 2.45) is 21.2 Å². The molecule has 0 saturated carbocycles. The van der Waals surface area contributed by atoms with Crippen molar-refractivity contribution in [3.63, 3.8) is 0 Å². The molecule has 176 valence electrons. The number of amides is 1. The van der Waals surface area contributed by atoms with Gasteiger partial charge in [-0.2, -0.15) is 15.3 Å². The highest BCUT2D eigenvalue weighted by Gasteiger charge is 2.35. The molecule has 0 aliphatic heterocycles. The highest BCUT2D eigenvalue weighted by molar-refractivity contribution is 6.35. The molecule has 0 heterocycles. The van der Waals surface area contributed by atoms with Crippen molar-refractivity contribution < 1.29 is 19.1 Å². The minimum Gasteiger partial charge on any atom is -0.468 e. The molecule has 8 nitrogen and oxygen atoms in total. The summed E-state index contributed by atoms with van der Waals surface area (Å²) in [5.74, 6) is -1.68. The summed E-state index contributed by atoms with van der Waals surface area (Å²) in [4.78, 5) is 24.8. The molecule has 1 N–H and O–H groups in total. The Morgan fingerprint density at radius 1 is 1.06 bits per heavy atom. The van der Waals surface area contributed by atoms with Crippen LogP contribution in [-0.4, -0.2) is 30.5 Å². The lowest BCUT2D eigenvalue weighted by atomic mass is 9.90. The molecular weight excluding hydrogens is 467 g/mol. The highest BCUT2D eigenvalue weighted by Crippen LogP contribution is 2.36. The summed E-state index contributed by atoms with van der Waals surface area (Å²) in [6.45, 7) is 6.74. The fourth-order valence-corrected chi connectivity index (χ4v) is 3.35. The number of benzene rings is 2. The van der Waals surface area contributed by atoms with Crippen LogP contribution < -0.4 is 5.43 Å². The van der Waals surface area contributed by atoms with Gasteiger partial charge in [0.15, 0.2) is 0 Å². The van der Waals surface area contributed by atoms with Gasteiger partial charge in [0, 0.05) is 10.0 Å². The lowest BCUT2D eigenvalue weighted by Gasteiger charge is -2.23. The SMILES string of the molecule is COC(=O)C(/C(C)=N/NC(=O)OC(C)(C)C)C(N=Nc1ccccc1)c1ccc(Cl)cc1Cl. The van der Waals surface area contributed by atoms with Crippen LogP contribution in [0.15, 0.2) is 63.9 Å². The Labute approximate surface area is 203 Å². The summed E-state index contributed by atoms with van der Waals surface area (Å²) in [6.07, 6.45) is -0.766. The molecule has 10 heteroatoms. The second-order valence-electron chi connectivity index (χ2n) is 8.03. The number of azo groups is 1. The van der Waals surface area contributed by atoms with Gasteiger partial charge in [-0.3, -0.25) is 4.79 Å². The summed E-state index contributed by atoms with van der Waals surface area (Å²) >= 11 is 12.5. The fraction of sp³-hybridized carbons (Fsp3) is 0.348. The molecule has 2 rings (SSSR count). The number of ether oxygens (including phenoxy) is 2. The van der Waals surface area contributed by atoms with E-state index in [1.807, 2.05) is 18.2 Å². The first-order chi connectivity index (χ1) is 15.5. The monoisotopic (exact) mass is 492 g/mol. The summed E-state index contributed by atoms with van der Waals surface area (Å²) in [5.41, 5.74) is 2.87. The molecule has 2 atom stereocenters. The Hall–Kier alpha value is -2.97. The smallest absolute Gasteiger partial charge is 0.428 e. The third-order valence-electron chi connectivity index (χ3n) is 4.28. The van der Waals surface area contributed by atoms with Crippen LogP contribution in [0.1, 0.15) is 39.3 Å². The van der Waals surface area contributed by atoms with E-state index in [1.54, 1.807) is 58.0 Å².